The molecule has 0 saturated carbocycles. The van der Waals surface area contributed by atoms with Gasteiger partial charge in [-0.25, -0.2) is 9.59 Å². The number of unbranched alkanes of at least 4 members (excludes halogenated alkanes) is 16. The molecule has 0 fully saturated rings. The van der Waals surface area contributed by atoms with Crippen LogP contribution >= 0.6 is 21.6 Å². The fourth-order valence-corrected chi connectivity index (χ4v) is 6.62. The smallest absolute Gasteiger partial charge is 0.327 e. The van der Waals surface area contributed by atoms with Gasteiger partial charge >= 0.3 is 11.9 Å². The molecule has 0 aliphatic heterocycles. The van der Waals surface area contributed by atoms with Crippen molar-refractivity contribution in [3.05, 3.63) is 0 Å². The average molecular weight is 605 g/mol. The molecule has 0 aliphatic carbocycles. The first-order valence-electron chi connectivity index (χ1n) is 15.6. The molecule has 2 amide bonds. The Balaban J connectivity index is 4.07. The Kier molecular flexibility index (Phi) is 26.8. The van der Waals surface area contributed by atoms with Gasteiger partial charge in [0.1, 0.15) is 12.1 Å². The summed E-state index contributed by atoms with van der Waals surface area (Å²) in [5.74, 6) is -2.54. The minimum atomic E-state index is -1.11. The van der Waals surface area contributed by atoms with Crippen molar-refractivity contribution in [2.75, 3.05) is 11.5 Å². The summed E-state index contributed by atoms with van der Waals surface area (Å²) in [5, 5.41) is 24.1. The zero-order valence-corrected chi connectivity index (χ0v) is 26.7. The van der Waals surface area contributed by atoms with Crippen molar-refractivity contribution in [3.63, 3.8) is 0 Å². The summed E-state index contributed by atoms with van der Waals surface area (Å²) in [5.41, 5.74) is 0. The van der Waals surface area contributed by atoms with Gasteiger partial charge in [-0.15, -0.1) is 0 Å². The van der Waals surface area contributed by atoms with Gasteiger partial charge in [-0.1, -0.05) is 138 Å². The highest BCUT2D eigenvalue weighted by Gasteiger charge is 2.23. The third-order valence-corrected chi connectivity index (χ3v) is 9.26. The summed E-state index contributed by atoms with van der Waals surface area (Å²) in [6.45, 7) is 4.40. The zero-order chi connectivity index (χ0) is 29.8. The maximum Gasteiger partial charge on any atom is 0.327 e. The second-order valence-corrected chi connectivity index (χ2v) is 13.2. The highest BCUT2D eigenvalue weighted by Crippen LogP contribution is 2.23. The molecule has 0 radical (unpaired) electrons. The Bertz CT molecular complexity index is 625. The molecule has 2 atom stereocenters. The quantitative estimate of drug-likeness (QED) is 0.0515. The normalized spacial score (nSPS) is 12.6. The fourth-order valence-electron chi connectivity index (χ4n) is 4.31. The lowest BCUT2D eigenvalue weighted by molar-refractivity contribution is -0.141. The largest absolute Gasteiger partial charge is 0.480 e. The van der Waals surface area contributed by atoms with Gasteiger partial charge in [0, 0.05) is 24.3 Å². The number of aliphatic carboxylic acids is 2. The Labute approximate surface area is 250 Å². The lowest BCUT2D eigenvalue weighted by atomic mass is 10.1. The molecule has 0 bridgehead atoms. The van der Waals surface area contributed by atoms with Crippen LogP contribution in [0.5, 0.6) is 0 Å². The molecule has 0 unspecified atom stereocenters. The van der Waals surface area contributed by atoms with Crippen LogP contribution in [0.4, 0.5) is 0 Å². The molecule has 0 saturated heterocycles. The minimum Gasteiger partial charge on any atom is -0.480 e. The van der Waals surface area contributed by atoms with Gasteiger partial charge in [0.05, 0.1) is 0 Å². The van der Waals surface area contributed by atoms with E-state index in [9.17, 15) is 29.4 Å². The molecule has 0 heterocycles. The molecule has 0 rings (SSSR count). The van der Waals surface area contributed by atoms with Crippen LogP contribution in [0.15, 0.2) is 0 Å². The van der Waals surface area contributed by atoms with Crippen molar-refractivity contribution in [3.8, 4) is 0 Å². The van der Waals surface area contributed by atoms with E-state index in [2.05, 4.69) is 24.5 Å². The second-order valence-electron chi connectivity index (χ2n) is 10.6. The number of carbonyl (C=O) groups excluding carboxylic acids is 2. The molecule has 8 nitrogen and oxygen atoms in total. The van der Waals surface area contributed by atoms with E-state index in [4.69, 9.17) is 0 Å². The first-order valence-corrected chi connectivity index (χ1v) is 18.1. The molecule has 0 aromatic heterocycles. The summed E-state index contributed by atoms with van der Waals surface area (Å²) in [6, 6.07) is -2.07. The lowest BCUT2D eigenvalue weighted by Crippen LogP contribution is -2.43. The number of hydrogen-bond acceptors (Lipinski definition) is 6. The standard InChI is InChI=1S/C30H56N2O6S2/c1-3-5-7-9-11-13-15-17-19-21-27(33)31-25(29(35)36)23-39-40-24-26(30(37)38)32-28(34)22-20-18-16-14-12-10-8-6-4-2/h25-26H,3-24H2,1-2H3,(H,31,33)(H,32,34)(H,35,36)(H,37,38)/t25-,26-/m0/s1. The highest BCUT2D eigenvalue weighted by molar-refractivity contribution is 8.76. The van der Waals surface area contributed by atoms with E-state index < -0.39 is 24.0 Å². The highest BCUT2D eigenvalue weighted by atomic mass is 33.1. The minimum absolute atomic E-state index is 0.113. The number of carboxylic acid groups (broad SMARTS) is 2. The molecule has 40 heavy (non-hydrogen) atoms. The summed E-state index contributed by atoms with van der Waals surface area (Å²) < 4.78 is 0. The van der Waals surface area contributed by atoms with Gasteiger partial charge in [0.15, 0.2) is 0 Å². The zero-order valence-electron chi connectivity index (χ0n) is 25.1. The van der Waals surface area contributed by atoms with Crippen molar-refractivity contribution in [2.24, 2.45) is 0 Å². The van der Waals surface area contributed by atoms with E-state index >= 15 is 0 Å². The molecule has 4 N–H and O–H groups in total. The van der Waals surface area contributed by atoms with Gasteiger partial charge in [-0.2, -0.15) is 0 Å². The van der Waals surface area contributed by atoms with Crippen LogP contribution in [0.1, 0.15) is 142 Å². The SMILES string of the molecule is CCCCCCCCCCCC(=O)N[C@@H](CSSC[C@H](NC(=O)CCCCCCCCCCC)C(=O)O)C(=O)O. The van der Waals surface area contributed by atoms with Crippen LogP contribution in [0.3, 0.4) is 0 Å². The topological polar surface area (TPSA) is 133 Å². The third-order valence-electron chi connectivity index (χ3n) is 6.83. The summed E-state index contributed by atoms with van der Waals surface area (Å²) in [4.78, 5) is 47.6. The van der Waals surface area contributed by atoms with Crippen LogP contribution < -0.4 is 10.6 Å². The number of hydrogen-bond donors (Lipinski definition) is 4. The second kappa shape index (κ2) is 27.7. The first-order chi connectivity index (χ1) is 19.3. The van der Waals surface area contributed by atoms with E-state index in [1.165, 1.54) is 98.6 Å². The summed E-state index contributed by atoms with van der Waals surface area (Å²) in [7, 11) is 2.38. The molecule has 0 aromatic carbocycles. The Hall–Kier alpha value is -1.42. The van der Waals surface area contributed by atoms with Crippen LogP contribution in [-0.4, -0.2) is 57.6 Å². The lowest BCUT2D eigenvalue weighted by Gasteiger charge is -2.16. The molecule has 234 valence electrons. The number of rotatable bonds is 29. The van der Waals surface area contributed by atoms with Gasteiger partial charge in [-0.05, 0) is 12.8 Å². The van der Waals surface area contributed by atoms with Crippen molar-refractivity contribution in [2.45, 2.75) is 154 Å². The van der Waals surface area contributed by atoms with Gasteiger partial charge < -0.3 is 20.8 Å². The Morgan fingerprint density at radius 2 is 0.775 bits per heavy atom. The van der Waals surface area contributed by atoms with Crippen molar-refractivity contribution < 1.29 is 29.4 Å². The van der Waals surface area contributed by atoms with Gasteiger partial charge in [0.25, 0.3) is 0 Å². The maximum absolute atomic E-state index is 12.2. The summed E-state index contributed by atoms with van der Waals surface area (Å²) >= 11 is 0. The molecule has 0 aliphatic rings. The molecular weight excluding hydrogens is 548 g/mol. The van der Waals surface area contributed by atoms with Crippen LogP contribution in [0.2, 0.25) is 0 Å². The average Bonchev–Trinajstić information content (AvgIpc) is 2.91. The van der Waals surface area contributed by atoms with E-state index in [0.29, 0.717) is 12.8 Å². The van der Waals surface area contributed by atoms with Gasteiger partial charge in [-0.3, -0.25) is 9.59 Å². The first kappa shape index (κ1) is 38.6. The predicted octanol–water partition coefficient (Wildman–Crippen LogP) is 7.35. The fraction of sp³-hybridized carbons (Fsp3) is 0.867. The van der Waals surface area contributed by atoms with E-state index in [-0.39, 0.29) is 23.3 Å². The van der Waals surface area contributed by atoms with Crippen molar-refractivity contribution in [1.29, 1.82) is 0 Å². The Morgan fingerprint density at radius 1 is 0.500 bits per heavy atom. The number of carboxylic acids is 2. The Morgan fingerprint density at radius 3 is 1.05 bits per heavy atom. The summed E-state index contributed by atoms with van der Waals surface area (Å²) in [6.07, 6.45) is 21.2. The number of nitrogens with one attached hydrogen (secondary N) is 2. The van der Waals surface area contributed by atoms with Crippen LogP contribution in [0.25, 0.3) is 0 Å². The number of amides is 2. The van der Waals surface area contributed by atoms with E-state index in [1.807, 2.05) is 0 Å². The third kappa shape index (κ3) is 24.4. The van der Waals surface area contributed by atoms with Crippen molar-refractivity contribution in [1.82, 2.24) is 10.6 Å². The van der Waals surface area contributed by atoms with Crippen molar-refractivity contribution >= 4 is 45.3 Å². The molecular formula is C30H56N2O6S2. The molecule has 10 heteroatoms. The molecule has 0 aromatic rings. The van der Waals surface area contributed by atoms with Crippen LogP contribution in [0, 0.1) is 0 Å². The van der Waals surface area contributed by atoms with Crippen LogP contribution in [-0.2, 0) is 19.2 Å². The number of carbonyl (C=O) groups is 4. The van der Waals surface area contributed by atoms with E-state index in [0.717, 1.165) is 38.5 Å². The van der Waals surface area contributed by atoms with E-state index in [1.54, 1.807) is 0 Å². The predicted molar refractivity (Wildman–Crippen MR) is 168 cm³/mol. The van der Waals surface area contributed by atoms with Gasteiger partial charge in [0.2, 0.25) is 11.8 Å². The monoisotopic (exact) mass is 604 g/mol. The maximum atomic E-state index is 12.2. The molecule has 0 spiro atoms.